The van der Waals surface area contributed by atoms with E-state index in [2.05, 4.69) is 17.4 Å². The molecule has 0 unspecified atom stereocenters. The first-order valence-electron chi connectivity index (χ1n) is 6.46. The monoisotopic (exact) mass is 240 g/mol. The van der Waals surface area contributed by atoms with Gasteiger partial charge in [-0.2, -0.15) is 0 Å². The second-order valence-electron chi connectivity index (χ2n) is 4.30. The third-order valence-corrected chi connectivity index (χ3v) is 2.77. The van der Waals surface area contributed by atoms with Crippen molar-refractivity contribution >= 4 is 0 Å². The van der Waals surface area contributed by atoms with E-state index in [0.717, 1.165) is 50.6 Å². The van der Waals surface area contributed by atoms with E-state index in [1.165, 1.54) is 12.0 Å². The molecule has 0 aliphatic carbocycles. The van der Waals surface area contributed by atoms with Crippen molar-refractivity contribution < 1.29 is 9.26 Å². The third kappa shape index (κ3) is 5.33. The number of nitrogens with zero attached hydrogens (tertiary/aromatic N) is 1. The Bertz CT molecular complexity index is 291. The maximum absolute atomic E-state index is 5.49. The van der Waals surface area contributed by atoms with Crippen LogP contribution >= 0.6 is 0 Å². The highest BCUT2D eigenvalue weighted by molar-refractivity contribution is 5.20. The number of rotatable bonds is 9. The van der Waals surface area contributed by atoms with Crippen LogP contribution in [0, 0.1) is 13.8 Å². The molecule has 0 aromatic carbocycles. The molecule has 1 rings (SSSR count). The molecular formula is C13H24N2O2. The van der Waals surface area contributed by atoms with Crippen molar-refractivity contribution in [3.8, 4) is 0 Å². The lowest BCUT2D eigenvalue weighted by atomic mass is 10.2. The molecule has 17 heavy (non-hydrogen) atoms. The zero-order valence-corrected chi connectivity index (χ0v) is 11.2. The SMILES string of the molecule is CCCCOCCCNCc1c(C)noc1C. The maximum atomic E-state index is 5.49. The molecule has 0 spiro atoms. The van der Waals surface area contributed by atoms with E-state index in [1.54, 1.807) is 0 Å². The summed E-state index contributed by atoms with van der Waals surface area (Å²) >= 11 is 0. The van der Waals surface area contributed by atoms with Gasteiger partial charge >= 0.3 is 0 Å². The van der Waals surface area contributed by atoms with Crippen LogP contribution in [-0.4, -0.2) is 24.9 Å². The molecule has 0 radical (unpaired) electrons. The number of hydrogen-bond acceptors (Lipinski definition) is 4. The van der Waals surface area contributed by atoms with Gasteiger partial charge in [-0.25, -0.2) is 0 Å². The number of unbranched alkanes of at least 4 members (excludes halogenated alkanes) is 1. The van der Waals surface area contributed by atoms with Crippen molar-refractivity contribution in [2.24, 2.45) is 0 Å². The van der Waals surface area contributed by atoms with Crippen molar-refractivity contribution in [1.29, 1.82) is 0 Å². The highest BCUT2D eigenvalue weighted by Gasteiger charge is 2.07. The van der Waals surface area contributed by atoms with Gasteiger partial charge in [0.25, 0.3) is 0 Å². The van der Waals surface area contributed by atoms with Crippen molar-refractivity contribution in [2.45, 2.75) is 46.6 Å². The van der Waals surface area contributed by atoms with Crippen LogP contribution in [0.15, 0.2) is 4.52 Å². The zero-order chi connectivity index (χ0) is 12.5. The summed E-state index contributed by atoms with van der Waals surface area (Å²) in [5, 5.41) is 7.31. The predicted molar refractivity (Wildman–Crippen MR) is 68.0 cm³/mol. The zero-order valence-electron chi connectivity index (χ0n) is 11.2. The Morgan fingerprint density at radius 2 is 2.00 bits per heavy atom. The van der Waals surface area contributed by atoms with Gasteiger partial charge in [0.15, 0.2) is 0 Å². The fraction of sp³-hybridized carbons (Fsp3) is 0.769. The Balaban J connectivity index is 2.01. The molecule has 0 saturated carbocycles. The minimum absolute atomic E-state index is 0.829. The van der Waals surface area contributed by atoms with Gasteiger partial charge in [-0.3, -0.25) is 0 Å². The van der Waals surface area contributed by atoms with E-state index in [0.29, 0.717) is 0 Å². The van der Waals surface area contributed by atoms with Gasteiger partial charge in [0.2, 0.25) is 0 Å². The Kier molecular flexibility index (Phi) is 6.89. The number of aryl methyl sites for hydroxylation is 2. The van der Waals surface area contributed by atoms with E-state index in [4.69, 9.17) is 9.26 Å². The lowest BCUT2D eigenvalue weighted by Crippen LogP contribution is -2.17. The van der Waals surface area contributed by atoms with Crippen LogP contribution < -0.4 is 5.32 Å². The third-order valence-electron chi connectivity index (χ3n) is 2.77. The van der Waals surface area contributed by atoms with Crippen LogP contribution in [0.25, 0.3) is 0 Å². The van der Waals surface area contributed by atoms with Gasteiger partial charge in [-0.15, -0.1) is 0 Å². The minimum atomic E-state index is 0.829. The van der Waals surface area contributed by atoms with Gasteiger partial charge in [0, 0.05) is 25.3 Å². The fourth-order valence-electron chi connectivity index (χ4n) is 1.62. The van der Waals surface area contributed by atoms with Crippen LogP contribution in [0.5, 0.6) is 0 Å². The summed E-state index contributed by atoms with van der Waals surface area (Å²) < 4.78 is 10.6. The largest absolute Gasteiger partial charge is 0.381 e. The summed E-state index contributed by atoms with van der Waals surface area (Å²) in [6.07, 6.45) is 3.41. The number of aromatic nitrogens is 1. The first-order valence-corrected chi connectivity index (χ1v) is 6.46. The molecular weight excluding hydrogens is 216 g/mol. The summed E-state index contributed by atoms with van der Waals surface area (Å²) in [6.45, 7) is 9.63. The minimum Gasteiger partial charge on any atom is -0.381 e. The molecule has 0 fully saturated rings. The van der Waals surface area contributed by atoms with Crippen molar-refractivity contribution in [2.75, 3.05) is 19.8 Å². The van der Waals surface area contributed by atoms with E-state index in [9.17, 15) is 0 Å². The molecule has 1 N–H and O–H groups in total. The fourth-order valence-corrected chi connectivity index (χ4v) is 1.62. The lowest BCUT2D eigenvalue weighted by Gasteiger charge is -2.05. The standard InChI is InChI=1S/C13H24N2O2/c1-4-5-8-16-9-6-7-14-10-13-11(2)15-17-12(13)3/h14H,4-10H2,1-3H3. The van der Waals surface area contributed by atoms with E-state index < -0.39 is 0 Å². The summed E-state index contributed by atoms with van der Waals surface area (Å²) in [4.78, 5) is 0. The van der Waals surface area contributed by atoms with Crippen molar-refractivity contribution in [3.63, 3.8) is 0 Å². The smallest absolute Gasteiger partial charge is 0.138 e. The molecule has 1 heterocycles. The van der Waals surface area contributed by atoms with E-state index in [-0.39, 0.29) is 0 Å². The molecule has 0 bridgehead atoms. The highest BCUT2D eigenvalue weighted by atomic mass is 16.5. The second kappa shape index (κ2) is 8.25. The summed E-state index contributed by atoms with van der Waals surface area (Å²) in [7, 11) is 0. The topological polar surface area (TPSA) is 47.3 Å². The number of hydrogen-bond donors (Lipinski definition) is 1. The molecule has 0 aliphatic heterocycles. The molecule has 0 atom stereocenters. The Hall–Kier alpha value is -0.870. The van der Waals surface area contributed by atoms with Crippen molar-refractivity contribution in [1.82, 2.24) is 10.5 Å². The van der Waals surface area contributed by atoms with Crippen LogP contribution in [0.2, 0.25) is 0 Å². The molecule has 0 aliphatic rings. The highest BCUT2D eigenvalue weighted by Crippen LogP contribution is 2.11. The van der Waals surface area contributed by atoms with Crippen LogP contribution in [-0.2, 0) is 11.3 Å². The Labute approximate surface area is 104 Å². The summed E-state index contributed by atoms with van der Waals surface area (Å²) in [5.74, 6) is 0.911. The van der Waals surface area contributed by atoms with Gasteiger partial charge in [0.1, 0.15) is 5.76 Å². The van der Waals surface area contributed by atoms with Crippen molar-refractivity contribution in [3.05, 3.63) is 17.0 Å². The van der Waals surface area contributed by atoms with Crippen LogP contribution in [0.1, 0.15) is 43.2 Å². The average Bonchev–Trinajstić information content (AvgIpc) is 2.63. The van der Waals surface area contributed by atoms with Gasteiger partial charge in [-0.05, 0) is 33.2 Å². The molecule has 98 valence electrons. The van der Waals surface area contributed by atoms with Gasteiger partial charge < -0.3 is 14.6 Å². The van der Waals surface area contributed by atoms with E-state index >= 15 is 0 Å². The lowest BCUT2D eigenvalue weighted by molar-refractivity contribution is 0.128. The molecule has 0 saturated heterocycles. The first kappa shape index (κ1) is 14.2. The Morgan fingerprint density at radius 3 is 2.65 bits per heavy atom. The predicted octanol–water partition coefficient (Wildman–Crippen LogP) is 2.59. The average molecular weight is 240 g/mol. The normalized spacial score (nSPS) is 11.0. The molecule has 0 amide bonds. The summed E-state index contributed by atoms with van der Waals surface area (Å²) in [5.41, 5.74) is 2.16. The second-order valence-corrected chi connectivity index (χ2v) is 4.30. The van der Waals surface area contributed by atoms with Gasteiger partial charge in [0.05, 0.1) is 5.69 Å². The van der Waals surface area contributed by atoms with E-state index in [1.807, 2.05) is 13.8 Å². The molecule has 4 heteroatoms. The summed E-state index contributed by atoms with van der Waals surface area (Å²) in [6, 6.07) is 0. The number of ether oxygens (including phenoxy) is 1. The quantitative estimate of drug-likeness (QED) is 0.674. The maximum Gasteiger partial charge on any atom is 0.138 e. The Morgan fingerprint density at radius 1 is 1.24 bits per heavy atom. The van der Waals surface area contributed by atoms with Crippen LogP contribution in [0.4, 0.5) is 0 Å². The molecule has 1 aromatic heterocycles. The van der Waals surface area contributed by atoms with Gasteiger partial charge in [-0.1, -0.05) is 18.5 Å². The first-order chi connectivity index (χ1) is 8.25. The number of nitrogens with one attached hydrogen (secondary N) is 1. The van der Waals surface area contributed by atoms with Crippen LogP contribution in [0.3, 0.4) is 0 Å². The molecule has 1 aromatic rings. The molecule has 4 nitrogen and oxygen atoms in total.